The van der Waals surface area contributed by atoms with Crippen LogP contribution >= 0.6 is 0 Å². The van der Waals surface area contributed by atoms with Crippen LogP contribution in [-0.4, -0.2) is 60.9 Å². The van der Waals surface area contributed by atoms with E-state index >= 15 is 0 Å². The van der Waals surface area contributed by atoms with Crippen LogP contribution in [0.15, 0.2) is 17.1 Å². The van der Waals surface area contributed by atoms with Gasteiger partial charge < -0.3 is 20.1 Å². The predicted molar refractivity (Wildman–Crippen MR) is 80.7 cm³/mol. The fourth-order valence-corrected chi connectivity index (χ4v) is 1.98. The van der Waals surface area contributed by atoms with Crippen LogP contribution in [0.4, 0.5) is 5.69 Å². The minimum Gasteiger partial charge on any atom is -0.390 e. The molecule has 1 atom stereocenters. The molecule has 2 rings (SSSR count). The number of hydrogen-bond donors (Lipinski definition) is 2. The molecule has 0 aliphatic heterocycles. The van der Waals surface area contributed by atoms with Crippen LogP contribution in [0.5, 0.6) is 0 Å². The summed E-state index contributed by atoms with van der Waals surface area (Å²) in [5.41, 5.74) is 0.543. The molecule has 1 fully saturated rings. The van der Waals surface area contributed by atoms with Gasteiger partial charge in [-0.1, -0.05) is 0 Å². The molecule has 7 heteroatoms. The van der Waals surface area contributed by atoms with Gasteiger partial charge in [-0.2, -0.15) is 5.10 Å². The van der Waals surface area contributed by atoms with Crippen molar-refractivity contribution in [2.75, 3.05) is 38.8 Å². The molecule has 2 N–H and O–H groups in total. The molecule has 21 heavy (non-hydrogen) atoms. The van der Waals surface area contributed by atoms with Crippen LogP contribution in [0.1, 0.15) is 12.8 Å². The monoisotopic (exact) mass is 296 g/mol. The van der Waals surface area contributed by atoms with Crippen molar-refractivity contribution in [2.24, 2.45) is 0 Å². The van der Waals surface area contributed by atoms with Crippen LogP contribution < -0.4 is 15.8 Å². The zero-order valence-electron chi connectivity index (χ0n) is 12.7. The molecule has 1 aromatic rings. The Bertz CT molecular complexity index is 501. The maximum Gasteiger partial charge on any atom is 0.268 e. The van der Waals surface area contributed by atoms with E-state index in [0.717, 1.165) is 5.69 Å². The molecule has 0 aromatic carbocycles. The number of aliphatic hydroxyl groups is 1. The minimum absolute atomic E-state index is 0.206. The summed E-state index contributed by atoms with van der Waals surface area (Å²) in [6.45, 7) is 1.98. The molecule has 0 bridgehead atoms. The van der Waals surface area contributed by atoms with Gasteiger partial charge in [-0.3, -0.25) is 4.79 Å². The third kappa shape index (κ3) is 5.11. The topological polar surface area (TPSA) is 79.6 Å². The van der Waals surface area contributed by atoms with Crippen molar-refractivity contribution in [2.45, 2.75) is 31.5 Å². The SMILES string of the molecule is COCCN(C)c1cnn(CC(O)CNC2CC2)c(=O)c1. The van der Waals surface area contributed by atoms with Crippen LogP contribution in [-0.2, 0) is 11.3 Å². The van der Waals surface area contributed by atoms with Gasteiger partial charge in [0.2, 0.25) is 0 Å². The Morgan fingerprint density at radius 1 is 1.62 bits per heavy atom. The highest BCUT2D eigenvalue weighted by molar-refractivity contribution is 5.41. The Kier molecular flexibility index (Phi) is 5.72. The first-order valence-electron chi connectivity index (χ1n) is 7.29. The van der Waals surface area contributed by atoms with Gasteiger partial charge in [0.1, 0.15) is 0 Å². The van der Waals surface area contributed by atoms with Gasteiger partial charge in [-0.25, -0.2) is 4.68 Å². The highest BCUT2D eigenvalue weighted by Crippen LogP contribution is 2.18. The zero-order valence-corrected chi connectivity index (χ0v) is 12.7. The molecule has 0 saturated heterocycles. The second-order valence-corrected chi connectivity index (χ2v) is 5.48. The van der Waals surface area contributed by atoms with Crippen molar-refractivity contribution < 1.29 is 9.84 Å². The number of aromatic nitrogens is 2. The summed E-state index contributed by atoms with van der Waals surface area (Å²) in [7, 11) is 3.52. The van der Waals surface area contributed by atoms with E-state index in [9.17, 15) is 9.90 Å². The van der Waals surface area contributed by atoms with Gasteiger partial charge in [0.25, 0.3) is 5.56 Å². The average Bonchev–Trinajstić information content (AvgIpc) is 3.29. The van der Waals surface area contributed by atoms with E-state index in [1.165, 1.54) is 23.6 Å². The van der Waals surface area contributed by atoms with E-state index in [2.05, 4.69) is 10.4 Å². The molecule has 1 heterocycles. The van der Waals surface area contributed by atoms with Gasteiger partial charge in [0, 0.05) is 39.4 Å². The van der Waals surface area contributed by atoms with E-state index in [0.29, 0.717) is 25.7 Å². The Labute approximate surface area is 124 Å². The van der Waals surface area contributed by atoms with Gasteiger partial charge >= 0.3 is 0 Å². The number of likely N-dealkylation sites (N-methyl/N-ethyl adjacent to an activating group) is 1. The van der Waals surface area contributed by atoms with Crippen LogP contribution in [0, 0.1) is 0 Å². The molecule has 0 spiro atoms. The molecule has 1 unspecified atom stereocenters. The number of ether oxygens (including phenoxy) is 1. The van der Waals surface area contributed by atoms with E-state index in [4.69, 9.17) is 4.74 Å². The largest absolute Gasteiger partial charge is 0.390 e. The summed E-state index contributed by atoms with van der Waals surface area (Å²) < 4.78 is 6.30. The van der Waals surface area contributed by atoms with E-state index in [1.807, 2.05) is 11.9 Å². The van der Waals surface area contributed by atoms with Crippen molar-refractivity contribution in [3.8, 4) is 0 Å². The minimum atomic E-state index is -0.604. The van der Waals surface area contributed by atoms with Crippen LogP contribution in [0.2, 0.25) is 0 Å². The number of hydrogen-bond acceptors (Lipinski definition) is 6. The summed E-state index contributed by atoms with van der Waals surface area (Å²) in [6.07, 6.45) is 3.38. The molecule has 1 saturated carbocycles. The molecular formula is C14H24N4O3. The van der Waals surface area contributed by atoms with Crippen LogP contribution in [0.25, 0.3) is 0 Å². The molecule has 0 amide bonds. The maximum absolute atomic E-state index is 12.0. The number of methoxy groups -OCH3 is 1. The van der Waals surface area contributed by atoms with Crippen molar-refractivity contribution >= 4 is 5.69 Å². The van der Waals surface area contributed by atoms with Crippen molar-refractivity contribution in [1.29, 1.82) is 0 Å². The Morgan fingerprint density at radius 2 is 2.38 bits per heavy atom. The second-order valence-electron chi connectivity index (χ2n) is 5.48. The lowest BCUT2D eigenvalue weighted by Crippen LogP contribution is -2.36. The third-order valence-corrected chi connectivity index (χ3v) is 3.53. The van der Waals surface area contributed by atoms with Crippen molar-refractivity contribution in [3.63, 3.8) is 0 Å². The first-order valence-corrected chi connectivity index (χ1v) is 7.29. The molecule has 1 aliphatic rings. The first kappa shape index (κ1) is 15.9. The van der Waals surface area contributed by atoms with E-state index in [1.54, 1.807) is 13.3 Å². The Hall–Kier alpha value is -1.44. The smallest absolute Gasteiger partial charge is 0.268 e. The highest BCUT2D eigenvalue weighted by Gasteiger charge is 2.21. The third-order valence-electron chi connectivity index (χ3n) is 3.53. The molecule has 7 nitrogen and oxygen atoms in total. The lowest BCUT2D eigenvalue weighted by atomic mass is 10.3. The quantitative estimate of drug-likeness (QED) is 0.636. The molecule has 1 aliphatic carbocycles. The number of aliphatic hydroxyl groups excluding tert-OH is 1. The van der Waals surface area contributed by atoms with E-state index in [-0.39, 0.29) is 12.1 Å². The summed E-state index contributed by atoms with van der Waals surface area (Å²) in [6, 6.07) is 2.07. The molecule has 118 valence electrons. The van der Waals surface area contributed by atoms with Crippen LogP contribution in [0.3, 0.4) is 0 Å². The van der Waals surface area contributed by atoms with Crippen molar-refractivity contribution in [3.05, 3.63) is 22.6 Å². The Morgan fingerprint density at radius 3 is 3.00 bits per heavy atom. The van der Waals surface area contributed by atoms with Gasteiger partial charge in [0.05, 0.1) is 31.1 Å². The zero-order chi connectivity index (χ0) is 15.2. The Balaban J connectivity index is 1.89. The first-order chi connectivity index (χ1) is 10.1. The number of anilines is 1. The van der Waals surface area contributed by atoms with Crippen molar-refractivity contribution in [1.82, 2.24) is 15.1 Å². The predicted octanol–water partition coefficient (Wildman–Crippen LogP) is -0.561. The average molecular weight is 296 g/mol. The lowest BCUT2D eigenvalue weighted by molar-refractivity contribution is 0.144. The number of rotatable bonds is 9. The number of nitrogens with zero attached hydrogens (tertiary/aromatic N) is 3. The summed E-state index contributed by atoms with van der Waals surface area (Å²) in [5.74, 6) is 0. The lowest BCUT2D eigenvalue weighted by Gasteiger charge is -2.19. The number of nitrogens with one attached hydrogen (secondary N) is 1. The van der Waals surface area contributed by atoms with E-state index < -0.39 is 6.10 Å². The van der Waals surface area contributed by atoms with Gasteiger partial charge in [0.15, 0.2) is 0 Å². The van der Waals surface area contributed by atoms with Gasteiger partial charge in [-0.05, 0) is 12.8 Å². The fourth-order valence-electron chi connectivity index (χ4n) is 1.98. The fraction of sp³-hybridized carbons (Fsp3) is 0.714. The summed E-state index contributed by atoms with van der Waals surface area (Å²) in [5, 5.41) is 17.3. The normalized spacial score (nSPS) is 16.0. The summed E-state index contributed by atoms with van der Waals surface area (Å²) >= 11 is 0. The standard InChI is InChI=1S/C14H24N4O3/c1-17(5-6-21-2)12-7-14(20)18(16-8-12)10-13(19)9-15-11-3-4-11/h7-8,11,13,15,19H,3-6,9-10H2,1-2H3. The molecular weight excluding hydrogens is 272 g/mol. The van der Waals surface area contributed by atoms with Gasteiger partial charge in [-0.15, -0.1) is 0 Å². The maximum atomic E-state index is 12.0. The second kappa shape index (κ2) is 7.53. The molecule has 0 radical (unpaired) electrons. The molecule has 1 aromatic heterocycles. The highest BCUT2D eigenvalue weighted by atomic mass is 16.5. The summed E-state index contributed by atoms with van der Waals surface area (Å²) in [4.78, 5) is 13.9.